The number of benzene rings is 1. The Morgan fingerprint density at radius 2 is 2.29 bits per heavy atom. The van der Waals surface area contributed by atoms with Crippen LogP contribution < -0.4 is 5.73 Å². The van der Waals surface area contributed by atoms with Crippen LogP contribution in [0.3, 0.4) is 0 Å². The summed E-state index contributed by atoms with van der Waals surface area (Å²) in [5.41, 5.74) is 7.47. The van der Waals surface area contributed by atoms with E-state index in [0.29, 0.717) is 0 Å². The summed E-state index contributed by atoms with van der Waals surface area (Å²) in [5, 5.41) is 10.2. The van der Waals surface area contributed by atoms with Gasteiger partial charge in [0, 0.05) is 5.56 Å². The molecule has 0 spiro atoms. The molecule has 0 aliphatic carbocycles. The first-order valence-electron chi connectivity index (χ1n) is 4.22. The average molecular weight is 225 g/mol. The second-order valence-electron chi connectivity index (χ2n) is 2.98. The largest absolute Gasteiger partial charge is 0.397 e. The van der Waals surface area contributed by atoms with Crippen molar-refractivity contribution in [1.29, 1.82) is 0 Å². The van der Waals surface area contributed by atoms with Crippen molar-refractivity contribution in [3.8, 4) is 0 Å². The fourth-order valence-electron chi connectivity index (χ4n) is 1.38. The average Bonchev–Trinajstić information content (AvgIpc) is 2.62. The summed E-state index contributed by atoms with van der Waals surface area (Å²) >= 11 is 3.40. The van der Waals surface area contributed by atoms with Crippen molar-refractivity contribution in [3.05, 3.63) is 23.8 Å². The number of rotatable bonds is 2. The van der Waals surface area contributed by atoms with E-state index in [1.165, 1.54) is 4.21 Å². The second kappa shape index (κ2) is 3.81. The van der Waals surface area contributed by atoms with Crippen LogP contribution in [0, 0.1) is 0 Å². The highest BCUT2D eigenvalue weighted by molar-refractivity contribution is 8.00. The van der Waals surface area contributed by atoms with E-state index in [-0.39, 0.29) is 6.61 Å². The summed E-state index contributed by atoms with van der Waals surface area (Å²) < 4.78 is 2.34. The molecule has 1 aromatic heterocycles. The molecule has 0 saturated heterocycles. The molecule has 0 bridgehead atoms. The molecule has 0 unspecified atom stereocenters. The summed E-state index contributed by atoms with van der Waals surface area (Å²) in [6, 6.07) is 6.02. The lowest BCUT2D eigenvalue weighted by atomic mass is 10.1. The van der Waals surface area contributed by atoms with Gasteiger partial charge in [0.1, 0.15) is 0 Å². The maximum absolute atomic E-state index is 9.06. The fourth-order valence-corrected chi connectivity index (χ4v) is 3.08. The molecule has 2 nitrogen and oxygen atoms in total. The van der Waals surface area contributed by atoms with Gasteiger partial charge in [-0.15, -0.1) is 23.1 Å². The number of aliphatic hydroxyl groups is 1. The first-order chi connectivity index (χ1) is 6.76. The quantitative estimate of drug-likeness (QED) is 0.610. The van der Waals surface area contributed by atoms with Crippen molar-refractivity contribution in [3.63, 3.8) is 0 Å². The Labute approximate surface area is 90.7 Å². The van der Waals surface area contributed by atoms with Crippen molar-refractivity contribution in [2.75, 3.05) is 12.0 Å². The molecular formula is C10H11NOS2. The summed E-state index contributed by atoms with van der Waals surface area (Å²) in [4.78, 5) is 0. The summed E-state index contributed by atoms with van der Waals surface area (Å²) in [7, 11) is 0. The molecule has 1 aromatic carbocycles. The number of nitrogens with two attached hydrogens (primary N) is 1. The Morgan fingerprint density at radius 1 is 1.50 bits per heavy atom. The predicted octanol–water partition coefficient (Wildman–Crippen LogP) is 2.70. The van der Waals surface area contributed by atoms with Gasteiger partial charge >= 0.3 is 0 Å². The molecule has 0 radical (unpaired) electrons. The van der Waals surface area contributed by atoms with E-state index in [2.05, 4.69) is 6.07 Å². The van der Waals surface area contributed by atoms with Gasteiger partial charge in [-0.25, -0.2) is 0 Å². The van der Waals surface area contributed by atoms with E-state index in [1.54, 1.807) is 23.1 Å². The van der Waals surface area contributed by atoms with E-state index in [0.717, 1.165) is 21.3 Å². The maximum atomic E-state index is 9.06. The highest BCUT2D eigenvalue weighted by atomic mass is 32.2. The van der Waals surface area contributed by atoms with Crippen molar-refractivity contribution >= 4 is 38.9 Å². The Bertz CT molecular complexity index is 464. The zero-order chi connectivity index (χ0) is 10.1. The summed E-state index contributed by atoms with van der Waals surface area (Å²) in [6.07, 6.45) is 2.05. The molecule has 1 heterocycles. The van der Waals surface area contributed by atoms with Gasteiger partial charge in [0.05, 0.1) is 21.2 Å². The van der Waals surface area contributed by atoms with Gasteiger partial charge < -0.3 is 10.8 Å². The van der Waals surface area contributed by atoms with E-state index in [9.17, 15) is 0 Å². The number of hydrogen-bond acceptors (Lipinski definition) is 4. The number of thiophene rings is 1. The van der Waals surface area contributed by atoms with Crippen LogP contribution in [0.1, 0.15) is 5.56 Å². The number of aliphatic hydroxyl groups excluding tert-OH is 1. The lowest BCUT2D eigenvalue weighted by molar-refractivity contribution is 0.282. The molecule has 0 atom stereocenters. The van der Waals surface area contributed by atoms with Gasteiger partial charge in [0.15, 0.2) is 0 Å². The highest BCUT2D eigenvalue weighted by Gasteiger charge is 2.07. The predicted molar refractivity (Wildman–Crippen MR) is 63.9 cm³/mol. The number of thioether (sulfide) groups is 1. The van der Waals surface area contributed by atoms with Crippen LogP contribution in [-0.4, -0.2) is 11.4 Å². The number of nitrogen functional groups attached to an aromatic ring is 1. The zero-order valence-electron chi connectivity index (χ0n) is 7.78. The SMILES string of the molecule is CSc1cc2ccc(CO)c(N)c2s1. The van der Waals surface area contributed by atoms with Crippen molar-refractivity contribution in [1.82, 2.24) is 0 Å². The smallest absolute Gasteiger partial charge is 0.0702 e. The molecule has 0 fully saturated rings. The lowest BCUT2D eigenvalue weighted by Crippen LogP contribution is -1.93. The fraction of sp³-hybridized carbons (Fsp3) is 0.200. The molecule has 14 heavy (non-hydrogen) atoms. The van der Waals surface area contributed by atoms with Crippen molar-refractivity contribution in [2.45, 2.75) is 10.8 Å². The Hall–Kier alpha value is -0.710. The van der Waals surface area contributed by atoms with Gasteiger partial charge in [-0.05, 0) is 17.7 Å². The van der Waals surface area contributed by atoms with Gasteiger partial charge in [-0.3, -0.25) is 0 Å². The minimum Gasteiger partial charge on any atom is -0.397 e. The molecular weight excluding hydrogens is 214 g/mol. The molecule has 0 aliphatic heterocycles. The van der Waals surface area contributed by atoms with Gasteiger partial charge in [0.2, 0.25) is 0 Å². The lowest BCUT2D eigenvalue weighted by Gasteiger charge is -2.01. The maximum Gasteiger partial charge on any atom is 0.0702 e. The Kier molecular flexibility index (Phi) is 2.67. The first kappa shape index (κ1) is 9.83. The first-order valence-corrected chi connectivity index (χ1v) is 6.26. The molecule has 0 saturated carbocycles. The van der Waals surface area contributed by atoms with Crippen molar-refractivity contribution < 1.29 is 5.11 Å². The third-order valence-electron chi connectivity index (χ3n) is 2.16. The van der Waals surface area contributed by atoms with Crippen LogP contribution in [0.4, 0.5) is 5.69 Å². The minimum atomic E-state index is 0.00821. The van der Waals surface area contributed by atoms with Gasteiger partial charge in [-0.2, -0.15) is 0 Å². The van der Waals surface area contributed by atoms with E-state index < -0.39 is 0 Å². The zero-order valence-corrected chi connectivity index (χ0v) is 9.41. The van der Waals surface area contributed by atoms with Crippen LogP contribution >= 0.6 is 23.1 Å². The summed E-state index contributed by atoms with van der Waals surface area (Å²) in [6.45, 7) is 0.00821. The minimum absolute atomic E-state index is 0.00821. The van der Waals surface area contributed by atoms with Crippen LogP contribution in [0.25, 0.3) is 10.1 Å². The van der Waals surface area contributed by atoms with E-state index >= 15 is 0 Å². The van der Waals surface area contributed by atoms with Gasteiger partial charge in [-0.1, -0.05) is 12.1 Å². The number of hydrogen-bond donors (Lipinski definition) is 2. The molecule has 3 N–H and O–H groups in total. The normalized spacial score (nSPS) is 11.0. The Balaban J connectivity index is 2.68. The molecule has 4 heteroatoms. The second-order valence-corrected chi connectivity index (χ2v) is 5.14. The van der Waals surface area contributed by atoms with E-state index in [1.807, 2.05) is 18.4 Å². The van der Waals surface area contributed by atoms with Crippen molar-refractivity contribution in [2.24, 2.45) is 0 Å². The van der Waals surface area contributed by atoms with Gasteiger partial charge in [0.25, 0.3) is 0 Å². The molecule has 2 aromatic rings. The van der Waals surface area contributed by atoms with Crippen LogP contribution in [0.2, 0.25) is 0 Å². The Morgan fingerprint density at radius 3 is 2.93 bits per heavy atom. The third-order valence-corrected chi connectivity index (χ3v) is 4.41. The molecule has 0 aliphatic rings. The molecule has 74 valence electrons. The van der Waals surface area contributed by atoms with Crippen LogP contribution in [0.15, 0.2) is 22.4 Å². The summed E-state index contributed by atoms with van der Waals surface area (Å²) in [5.74, 6) is 0. The number of fused-ring (bicyclic) bond motifs is 1. The monoisotopic (exact) mass is 225 g/mol. The molecule has 0 amide bonds. The van der Waals surface area contributed by atoms with Crippen LogP contribution in [0.5, 0.6) is 0 Å². The van der Waals surface area contributed by atoms with E-state index in [4.69, 9.17) is 10.8 Å². The van der Waals surface area contributed by atoms with Crippen LogP contribution in [-0.2, 0) is 6.61 Å². The standard InChI is InChI=1S/C10H11NOS2/c1-13-8-4-6-2-3-7(5-12)9(11)10(6)14-8/h2-4,12H,5,11H2,1H3. The topological polar surface area (TPSA) is 46.2 Å². The highest BCUT2D eigenvalue weighted by Crippen LogP contribution is 2.36. The molecule has 2 rings (SSSR count). The third kappa shape index (κ3) is 1.49. The number of anilines is 1.